The van der Waals surface area contributed by atoms with E-state index in [0.717, 1.165) is 0 Å². The van der Waals surface area contributed by atoms with Gasteiger partial charge in [-0.2, -0.15) is 5.26 Å². The fourth-order valence-corrected chi connectivity index (χ4v) is 1.50. The lowest BCUT2D eigenvalue weighted by molar-refractivity contribution is 0.700. The summed E-state index contributed by atoms with van der Waals surface area (Å²) in [5.74, 6) is 0.433. The predicted molar refractivity (Wildman–Crippen MR) is 62.3 cm³/mol. The Morgan fingerprint density at radius 3 is 2.88 bits per heavy atom. The van der Waals surface area contributed by atoms with E-state index in [2.05, 4.69) is 11.1 Å². The molecule has 1 rings (SSSR count). The van der Waals surface area contributed by atoms with Gasteiger partial charge in [-0.05, 0) is 13.8 Å². The number of hydrogen-bond acceptors (Lipinski definition) is 4. The van der Waals surface area contributed by atoms with Crippen molar-refractivity contribution in [1.82, 2.24) is 9.55 Å². The van der Waals surface area contributed by atoms with Gasteiger partial charge in [0.2, 0.25) is 0 Å². The SMILES string of the molecule is CCN(CCC#N)c1nccn(CC)c1=O. The third-order valence-corrected chi connectivity index (χ3v) is 2.41. The van der Waals surface area contributed by atoms with Gasteiger partial charge in [0.15, 0.2) is 5.82 Å². The Bertz CT molecular complexity index is 432. The van der Waals surface area contributed by atoms with Crippen molar-refractivity contribution in [2.45, 2.75) is 26.8 Å². The monoisotopic (exact) mass is 220 g/mol. The molecule has 0 N–H and O–H groups in total. The molecule has 0 amide bonds. The van der Waals surface area contributed by atoms with Gasteiger partial charge < -0.3 is 9.47 Å². The van der Waals surface area contributed by atoms with Gasteiger partial charge in [0.25, 0.3) is 5.56 Å². The van der Waals surface area contributed by atoms with E-state index in [9.17, 15) is 4.79 Å². The zero-order valence-corrected chi connectivity index (χ0v) is 9.68. The van der Waals surface area contributed by atoms with Crippen molar-refractivity contribution >= 4 is 5.82 Å². The molecule has 0 spiro atoms. The molecule has 5 heteroatoms. The van der Waals surface area contributed by atoms with Crippen molar-refractivity contribution in [3.8, 4) is 6.07 Å². The largest absolute Gasteiger partial charge is 0.351 e. The van der Waals surface area contributed by atoms with E-state index in [1.165, 1.54) is 0 Å². The van der Waals surface area contributed by atoms with E-state index in [0.29, 0.717) is 31.9 Å². The van der Waals surface area contributed by atoms with Crippen LogP contribution < -0.4 is 10.5 Å². The van der Waals surface area contributed by atoms with Gasteiger partial charge in [0.1, 0.15) is 0 Å². The lowest BCUT2D eigenvalue weighted by Crippen LogP contribution is -2.33. The molecule has 16 heavy (non-hydrogen) atoms. The molecule has 0 radical (unpaired) electrons. The fourth-order valence-electron chi connectivity index (χ4n) is 1.50. The molecule has 1 aromatic heterocycles. The molecule has 0 saturated carbocycles. The normalized spacial score (nSPS) is 9.81. The van der Waals surface area contributed by atoms with Crippen LogP contribution in [0.15, 0.2) is 17.2 Å². The lowest BCUT2D eigenvalue weighted by atomic mass is 10.4. The summed E-state index contributed by atoms with van der Waals surface area (Å²) < 4.78 is 1.61. The van der Waals surface area contributed by atoms with Crippen LogP contribution in [0, 0.1) is 11.3 Å². The molecule has 0 bridgehead atoms. The summed E-state index contributed by atoms with van der Waals surface area (Å²) in [5.41, 5.74) is -0.0928. The minimum atomic E-state index is -0.0928. The van der Waals surface area contributed by atoms with Crippen molar-refractivity contribution in [3.63, 3.8) is 0 Å². The van der Waals surface area contributed by atoms with Crippen LogP contribution in [0.3, 0.4) is 0 Å². The highest BCUT2D eigenvalue weighted by atomic mass is 16.1. The van der Waals surface area contributed by atoms with E-state index in [-0.39, 0.29) is 5.56 Å². The topological polar surface area (TPSA) is 61.9 Å². The number of aryl methyl sites for hydroxylation is 1. The highest BCUT2D eigenvalue weighted by Crippen LogP contribution is 2.03. The van der Waals surface area contributed by atoms with Crippen molar-refractivity contribution in [1.29, 1.82) is 5.26 Å². The van der Waals surface area contributed by atoms with Gasteiger partial charge in [-0.3, -0.25) is 4.79 Å². The molecule has 0 aromatic carbocycles. The van der Waals surface area contributed by atoms with Crippen LogP contribution >= 0.6 is 0 Å². The summed E-state index contributed by atoms with van der Waals surface area (Å²) in [7, 11) is 0. The molecule has 0 atom stereocenters. The van der Waals surface area contributed by atoms with Crippen LogP contribution in [0.1, 0.15) is 20.3 Å². The third-order valence-electron chi connectivity index (χ3n) is 2.41. The Morgan fingerprint density at radius 2 is 2.31 bits per heavy atom. The van der Waals surface area contributed by atoms with Gasteiger partial charge in [-0.25, -0.2) is 4.98 Å². The number of rotatable bonds is 5. The minimum Gasteiger partial charge on any atom is -0.351 e. The van der Waals surface area contributed by atoms with Gasteiger partial charge in [0.05, 0.1) is 12.5 Å². The lowest BCUT2D eigenvalue weighted by Gasteiger charge is -2.20. The molecule has 5 nitrogen and oxygen atoms in total. The molecule has 86 valence electrons. The van der Waals surface area contributed by atoms with Crippen molar-refractivity contribution in [2.24, 2.45) is 0 Å². The Labute approximate surface area is 94.9 Å². The third kappa shape index (κ3) is 2.60. The minimum absolute atomic E-state index is 0.0928. The molecule has 0 saturated heterocycles. The maximum absolute atomic E-state index is 11.9. The van der Waals surface area contributed by atoms with Crippen LogP contribution in [-0.2, 0) is 6.54 Å². The van der Waals surface area contributed by atoms with Gasteiger partial charge >= 0.3 is 0 Å². The molecule has 0 unspecified atom stereocenters. The standard InChI is InChI=1S/C11H16N4O/c1-3-14(8-5-6-12)10-11(16)15(4-2)9-7-13-10/h7,9H,3-5,8H2,1-2H3. The predicted octanol–water partition coefficient (Wildman–Crippen LogP) is 1.00. The first kappa shape index (κ1) is 12.2. The summed E-state index contributed by atoms with van der Waals surface area (Å²) >= 11 is 0. The number of nitrogens with zero attached hydrogens (tertiary/aromatic N) is 4. The molecular formula is C11H16N4O. The van der Waals surface area contributed by atoms with Crippen LogP contribution in [0.25, 0.3) is 0 Å². The van der Waals surface area contributed by atoms with E-state index in [1.807, 2.05) is 18.7 Å². The van der Waals surface area contributed by atoms with Crippen molar-refractivity contribution in [2.75, 3.05) is 18.0 Å². The molecular weight excluding hydrogens is 204 g/mol. The van der Waals surface area contributed by atoms with Crippen LogP contribution in [-0.4, -0.2) is 22.6 Å². The van der Waals surface area contributed by atoms with E-state index in [1.54, 1.807) is 17.0 Å². The Balaban J connectivity index is 3.01. The maximum atomic E-state index is 11.9. The van der Waals surface area contributed by atoms with E-state index >= 15 is 0 Å². The highest BCUT2D eigenvalue weighted by molar-refractivity contribution is 5.35. The number of nitriles is 1. The van der Waals surface area contributed by atoms with Gasteiger partial charge in [0, 0.05) is 32.0 Å². The molecule has 0 aliphatic heterocycles. The number of aromatic nitrogens is 2. The second kappa shape index (κ2) is 5.91. The molecule has 1 aromatic rings. The first-order chi connectivity index (χ1) is 7.74. The van der Waals surface area contributed by atoms with Crippen LogP contribution in [0.4, 0.5) is 5.82 Å². The summed E-state index contributed by atoms with van der Waals surface area (Å²) in [6.45, 7) is 5.71. The Kier molecular flexibility index (Phi) is 4.52. The second-order valence-corrected chi connectivity index (χ2v) is 3.33. The quantitative estimate of drug-likeness (QED) is 0.742. The second-order valence-electron chi connectivity index (χ2n) is 3.33. The number of hydrogen-bond donors (Lipinski definition) is 0. The summed E-state index contributed by atoms with van der Waals surface area (Å²) in [5, 5.41) is 8.55. The Morgan fingerprint density at radius 1 is 1.56 bits per heavy atom. The van der Waals surface area contributed by atoms with E-state index < -0.39 is 0 Å². The highest BCUT2D eigenvalue weighted by Gasteiger charge is 2.10. The smallest absolute Gasteiger partial charge is 0.293 e. The zero-order chi connectivity index (χ0) is 12.0. The molecule has 1 heterocycles. The summed E-state index contributed by atoms with van der Waals surface area (Å²) in [6.07, 6.45) is 3.69. The molecule has 0 aliphatic carbocycles. The van der Waals surface area contributed by atoms with Gasteiger partial charge in [-0.1, -0.05) is 0 Å². The molecule has 0 aliphatic rings. The van der Waals surface area contributed by atoms with Crippen molar-refractivity contribution < 1.29 is 0 Å². The fraction of sp³-hybridized carbons (Fsp3) is 0.545. The summed E-state index contributed by atoms with van der Waals surface area (Å²) in [4.78, 5) is 17.9. The molecule has 0 fully saturated rings. The zero-order valence-electron chi connectivity index (χ0n) is 9.68. The van der Waals surface area contributed by atoms with Crippen LogP contribution in [0.5, 0.6) is 0 Å². The maximum Gasteiger partial charge on any atom is 0.293 e. The van der Waals surface area contributed by atoms with E-state index in [4.69, 9.17) is 5.26 Å². The van der Waals surface area contributed by atoms with Crippen molar-refractivity contribution in [3.05, 3.63) is 22.7 Å². The first-order valence-corrected chi connectivity index (χ1v) is 5.41. The van der Waals surface area contributed by atoms with Crippen LogP contribution in [0.2, 0.25) is 0 Å². The first-order valence-electron chi connectivity index (χ1n) is 5.41. The average molecular weight is 220 g/mol. The Hall–Kier alpha value is -1.83. The summed E-state index contributed by atoms with van der Waals surface area (Å²) in [6, 6.07) is 2.07. The average Bonchev–Trinajstić information content (AvgIpc) is 2.32. The number of anilines is 1. The van der Waals surface area contributed by atoms with Gasteiger partial charge in [-0.15, -0.1) is 0 Å².